The Labute approximate surface area is 258 Å². The number of hydrogen-bond acceptors (Lipinski definition) is 6. The second-order valence-electron chi connectivity index (χ2n) is 11.0. The fourth-order valence-corrected chi connectivity index (χ4v) is 5.07. The van der Waals surface area contributed by atoms with Crippen LogP contribution in [0.3, 0.4) is 0 Å². The van der Waals surface area contributed by atoms with E-state index in [1.165, 1.54) is 49.7 Å². The van der Waals surface area contributed by atoms with Gasteiger partial charge in [0.15, 0.2) is 23.1 Å². The Morgan fingerprint density at radius 1 is 0.889 bits per heavy atom. The van der Waals surface area contributed by atoms with Crippen molar-refractivity contribution in [3.63, 3.8) is 0 Å². The van der Waals surface area contributed by atoms with Crippen LogP contribution in [0.25, 0.3) is 10.9 Å². The van der Waals surface area contributed by atoms with Gasteiger partial charge in [0.25, 0.3) is 0 Å². The number of anilines is 2. The predicted molar refractivity (Wildman–Crippen MR) is 165 cm³/mol. The molecule has 1 aliphatic carbocycles. The number of alkyl halides is 1. The molecule has 11 heteroatoms. The molecule has 1 aromatic heterocycles. The number of nitrogens with zero attached hydrogens (tertiary/aromatic N) is 1. The summed E-state index contributed by atoms with van der Waals surface area (Å²) in [5.74, 6) is -1.08. The molecule has 0 bridgehead atoms. The molecule has 0 spiro atoms. The maximum atomic E-state index is 15.2. The molecule has 4 aromatic rings. The standard InChI is InChI=1S/C34H34F3N3O5/c1-3-4-21(11-15-35)20-44-31-19-27-25(18-30(31)43-2)28(12-16-38-27)45-29-10-9-24(17-26(29)37)40-33(42)34(13-14-34)32(41)39-23-7-5-22(36)6-8-23/h5-10,12,16-19,21H,3-4,11,13-15,20H2,1-2H3,(H,39,41)(H,40,42). The quantitative estimate of drug-likeness (QED) is 0.139. The Bertz CT molecular complexity index is 1670. The Morgan fingerprint density at radius 3 is 2.24 bits per heavy atom. The predicted octanol–water partition coefficient (Wildman–Crippen LogP) is 7.83. The van der Waals surface area contributed by atoms with E-state index in [0.29, 0.717) is 59.7 Å². The summed E-state index contributed by atoms with van der Waals surface area (Å²) in [7, 11) is 1.50. The van der Waals surface area contributed by atoms with Crippen LogP contribution in [-0.2, 0) is 9.59 Å². The first kappa shape index (κ1) is 31.6. The van der Waals surface area contributed by atoms with Crippen molar-refractivity contribution in [2.24, 2.45) is 11.3 Å². The van der Waals surface area contributed by atoms with Gasteiger partial charge in [-0.1, -0.05) is 13.3 Å². The Morgan fingerprint density at radius 2 is 1.60 bits per heavy atom. The molecule has 0 radical (unpaired) electrons. The van der Waals surface area contributed by atoms with E-state index in [9.17, 15) is 18.4 Å². The van der Waals surface area contributed by atoms with Crippen LogP contribution in [0.15, 0.2) is 66.9 Å². The molecule has 0 aliphatic heterocycles. The van der Waals surface area contributed by atoms with Crippen molar-refractivity contribution >= 4 is 34.1 Å². The zero-order chi connectivity index (χ0) is 32.0. The number of ether oxygens (including phenoxy) is 3. The molecular weight excluding hydrogens is 587 g/mol. The zero-order valence-corrected chi connectivity index (χ0v) is 25.0. The number of fused-ring (bicyclic) bond motifs is 1. The van der Waals surface area contributed by atoms with Gasteiger partial charge in [0.2, 0.25) is 11.8 Å². The van der Waals surface area contributed by atoms with Gasteiger partial charge in [-0.2, -0.15) is 0 Å². The number of aromatic nitrogens is 1. The fourth-order valence-electron chi connectivity index (χ4n) is 5.07. The highest BCUT2D eigenvalue weighted by Crippen LogP contribution is 2.47. The summed E-state index contributed by atoms with van der Waals surface area (Å²) in [4.78, 5) is 30.3. The first-order chi connectivity index (χ1) is 21.8. The minimum absolute atomic E-state index is 0.0761. The Hall–Kier alpha value is -4.80. The Kier molecular flexibility index (Phi) is 9.75. The number of hydrogen-bond donors (Lipinski definition) is 2. The van der Waals surface area contributed by atoms with Gasteiger partial charge in [0.1, 0.15) is 17.0 Å². The van der Waals surface area contributed by atoms with E-state index < -0.39 is 35.5 Å². The minimum Gasteiger partial charge on any atom is -0.493 e. The van der Waals surface area contributed by atoms with E-state index in [1.54, 1.807) is 18.2 Å². The van der Waals surface area contributed by atoms with Crippen LogP contribution in [0.5, 0.6) is 23.0 Å². The highest BCUT2D eigenvalue weighted by atomic mass is 19.1. The number of benzene rings is 3. The molecule has 1 unspecified atom stereocenters. The van der Waals surface area contributed by atoms with Crippen molar-refractivity contribution in [3.05, 3.63) is 78.5 Å². The highest BCUT2D eigenvalue weighted by molar-refractivity contribution is 6.16. The number of carbonyl (C=O) groups is 2. The van der Waals surface area contributed by atoms with Gasteiger partial charge in [-0.05, 0) is 80.1 Å². The number of rotatable bonds is 14. The summed E-state index contributed by atoms with van der Waals surface area (Å²) < 4.78 is 58.8. The van der Waals surface area contributed by atoms with E-state index in [4.69, 9.17) is 14.2 Å². The number of nitrogens with one attached hydrogen (secondary N) is 2. The van der Waals surface area contributed by atoms with Gasteiger partial charge < -0.3 is 24.8 Å². The van der Waals surface area contributed by atoms with Gasteiger partial charge in [-0.3, -0.25) is 19.0 Å². The van der Waals surface area contributed by atoms with Crippen LogP contribution in [-0.4, -0.2) is 37.2 Å². The molecule has 1 saturated carbocycles. The molecule has 5 rings (SSSR count). The van der Waals surface area contributed by atoms with Crippen LogP contribution < -0.4 is 24.8 Å². The normalized spacial score (nSPS) is 14.0. The average molecular weight is 622 g/mol. The maximum Gasteiger partial charge on any atom is 0.240 e. The van der Waals surface area contributed by atoms with Crippen molar-refractivity contribution in [2.45, 2.75) is 39.0 Å². The van der Waals surface area contributed by atoms with Crippen LogP contribution >= 0.6 is 0 Å². The Balaban J connectivity index is 1.28. The van der Waals surface area contributed by atoms with Gasteiger partial charge in [-0.25, -0.2) is 8.78 Å². The fraction of sp³-hybridized carbons (Fsp3) is 0.324. The third kappa shape index (κ3) is 7.30. The lowest BCUT2D eigenvalue weighted by Gasteiger charge is -2.18. The third-order valence-corrected chi connectivity index (χ3v) is 7.81. The van der Waals surface area contributed by atoms with Gasteiger partial charge in [0, 0.05) is 35.1 Å². The highest BCUT2D eigenvalue weighted by Gasteiger charge is 2.56. The molecule has 45 heavy (non-hydrogen) atoms. The van der Waals surface area contributed by atoms with E-state index in [0.717, 1.165) is 18.9 Å². The van der Waals surface area contributed by atoms with E-state index in [-0.39, 0.29) is 17.4 Å². The van der Waals surface area contributed by atoms with Crippen LogP contribution in [0.2, 0.25) is 0 Å². The van der Waals surface area contributed by atoms with E-state index >= 15 is 4.39 Å². The summed E-state index contributed by atoms with van der Waals surface area (Å²) in [5.41, 5.74) is -0.240. The minimum atomic E-state index is -1.29. The molecule has 1 atom stereocenters. The first-order valence-electron chi connectivity index (χ1n) is 14.8. The van der Waals surface area contributed by atoms with Crippen molar-refractivity contribution in [2.75, 3.05) is 31.0 Å². The zero-order valence-electron chi connectivity index (χ0n) is 25.0. The smallest absolute Gasteiger partial charge is 0.240 e. The number of pyridine rings is 1. The molecule has 236 valence electrons. The second-order valence-corrected chi connectivity index (χ2v) is 11.0. The van der Waals surface area contributed by atoms with Crippen molar-refractivity contribution in [1.82, 2.24) is 4.98 Å². The van der Waals surface area contributed by atoms with Gasteiger partial charge in [0.05, 0.1) is 25.9 Å². The van der Waals surface area contributed by atoms with Gasteiger partial charge >= 0.3 is 0 Å². The van der Waals surface area contributed by atoms with E-state index in [2.05, 4.69) is 15.6 Å². The molecule has 1 fully saturated rings. The topological polar surface area (TPSA) is 98.8 Å². The first-order valence-corrected chi connectivity index (χ1v) is 14.8. The summed E-state index contributed by atoms with van der Waals surface area (Å²) in [6.45, 7) is 1.97. The molecule has 2 amide bonds. The average Bonchev–Trinajstić information content (AvgIpc) is 3.85. The summed E-state index contributed by atoms with van der Waals surface area (Å²) >= 11 is 0. The molecule has 0 saturated heterocycles. The SMILES string of the molecule is CCCC(CCF)COc1cc2nccc(Oc3ccc(NC(=O)C4(C(=O)Nc5ccc(F)cc5)CC4)cc3F)c2cc1OC. The summed E-state index contributed by atoms with van der Waals surface area (Å²) in [6, 6.07) is 14.2. The molecule has 2 N–H and O–H groups in total. The molecule has 8 nitrogen and oxygen atoms in total. The van der Waals surface area contributed by atoms with Crippen LogP contribution in [0.4, 0.5) is 24.5 Å². The van der Waals surface area contributed by atoms with Gasteiger partial charge in [-0.15, -0.1) is 0 Å². The van der Waals surface area contributed by atoms with Crippen molar-refractivity contribution in [1.29, 1.82) is 0 Å². The number of halogens is 3. The molecule has 1 aliphatic rings. The second kappa shape index (κ2) is 13.9. The lowest BCUT2D eigenvalue weighted by atomic mass is 10.0. The lowest BCUT2D eigenvalue weighted by molar-refractivity contribution is -0.131. The van der Waals surface area contributed by atoms with E-state index in [1.807, 2.05) is 6.92 Å². The maximum absolute atomic E-state index is 15.2. The third-order valence-electron chi connectivity index (χ3n) is 7.81. The number of carbonyl (C=O) groups excluding carboxylic acids is 2. The number of amides is 2. The van der Waals surface area contributed by atoms with Crippen molar-refractivity contribution < 1.29 is 37.0 Å². The van der Waals surface area contributed by atoms with Crippen LogP contribution in [0.1, 0.15) is 39.0 Å². The monoisotopic (exact) mass is 621 g/mol. The summed E-state index contributed by atoms with van der Waals surface area (Å²) in [6.07, 6.45) is 4.37. The number of methoxy groups -OCH3 is 1. The largest absolute Gasteiger partial charge is 0.493 e. The van der Waals surface area contributed by atoms with Crippen molar-refractivity contribution in [3.8, 4) is 23.0 Å². The molecule has 1 heterocycles. The molecular formula is C34H34F3N3O5. The molecule has 3 aromatic carbocycles. The summed E-state index contributed by atoms with van der Waals surface area (Å²) in [5, 5.41) is 5.81. The lowest BCUT2D eigenvalue weighted by Crippen LogP contribution is -2.35. The van der Waals surface area contributed by atoms with Crippen LogP contribution in [0, 0.1) is 23.0 Å².